The van der Waals surface area contributed by atoms with E-state index < -0.39 is 17.7 Å². The highest BCUT2D eigenvalue weighted by Gasteiger charge is 2.45. The van der Waals surface area contributed by atoms with Crippen LogP contribution in [0.25, 0.3) is 5.76 Å². The normalized spacial score (nSPS) is 17.1. The van der Waals surface area contributed by atoms with E-state index in [9.17, 15) is 14.7 Å². The van der Waals surface area contributed by atoms with E-state index in [4.69, 9.17) is 9.47 Å². The van der Waals surface area contributed by atoms with Gasteiger partial charge in [-0.1, -0.05) is 12.1 Å². The molecule has 4 rings (SSSR count). The van der Waals surface area contributed by atoms with Crippen molar-refractivity contribution in [2.75, 3.05) is 19.8 Å². The number of ketones is 1. The van der Waals surface area contributed by atoms with Crippen LogP contribution in [0.2, 0.25) is 0 Å². The average Bonchev–Trinajstić information content (AvgIpc) is 3.47. The number of aromatic nitrogens is 2. The van der Waals surface area contributed by atoms with Crippen molar-refractivity contribution in [3.8, 4) is 11.5 Å². The summed E-state index contributed by atoms with van der Waals surface area (Å²) in [6, 6.07) is 13.4. The van der Waals surface area contributed by atoms with E-state index in [0.717, 1.165) is 5.56 Å². The van der Waals surface area contributed by atoms with Crippen LogP contribution in [-0.2, 0) is 16.1 Å². The molecule has 182 valence electrons. The van der Waals surface area contributed by atoms with Crippen LogP contribution in [0.5, 0.6) is 11.5 Å². The van der Waals surface area contributed by atoms with Crippen LogP contribution >= 0.6 is 0 Å². The number of Topliss-reactive ketones (excluding diaryl/α,β-unsaturated/α-hetero) is 1. The minimum absolute atomic E-state index is 0.0750. The van der Waals surface area contributed by atoms with Crippen molar-refractivity contribution in [1.29, 1.82) is 0 Å². The van der Waals surface area contributed by atoms with E-state index in [1.807, 2.05) is 36.7 Å². The van der Waals surface area contributed by atoms with Gasteiger partial charge in [0.15, 0.2) is 0 Å². The number of aliphatic hydroxyl groups excluding tert-OH is 1. The molecule has 1 amide bonds. The highest BCUT2D eigenvalue weighted by Crippen LogP contribution is 2.40. The summed E-state index contributed by atoms with van der Waals surface area (Å²) in [5.74, 6) is -0.172. The lowest BCUT2D eigenvalue weighted by atomic mass is 9.95. The Hall–Kier alpha value is -4.07. The number of aryl methyl sites for hydroxylation is 1. The van der Waals surface area contributed by atoms with Crippen LogP contribution in [-0.4, -0.2) is 51.0 Å². The van der Waals surface area contributed by atoms with Gasteiger partial charge in [0.05, 0.1) is 31.2 Å². The lowest BCUT2D eigenvalue weighted by Gasteiger charge is -2.25. The van der Waals surface area contributed by atoms with Crippen molar-refractivity contribution in [3.63, 3.8) is 0 Å². The van der Waals surface area contributed by atoms with Crippen molar-refractivity contribution in [2.45, 2.75) is 32.9 Å². The second-order valence-corrected chi connectivity index (χ2v) is 8.11. The molecule has 8 heteroatoms. The van der Waals surface area contributed by atoms with Gasteiger partial charge in [0.2, 0.25) is 0 Å². The molecule has 1 fully saturated rings. The highest BCUT2D eigenvalue weighted by atomic mass is 16.5. The Morgan fingerprint density at radius 3 is 2.14 bits per heavy atom. The van der Waals surface area contributed by atoms with Crippen LogP contribution < -0.4 is 9.47 Å². The number of ether oxygens (including phenoxy) is 2. The predicted molar refractivity (Wildman–Crippen MR) is 131 cm³/mol. The van der Waals surface area contributed by atoms with Gasteiger partial charge in [-0.3, -0.25) is 9.59 Å². The Kier molecular flexibility index (Phi) is 7.50. The van der Waals surface area contributed by atoms with Crippen molar-refractivity contribution >= 4 is 17.4 Å². The lowest BCUT2D eigenvalue weighted by molar-refractivity contribution is -0.139. The second kappa shape index (κ2) is 10.9. The standard InChI is InChI=1S/C27H29N3O5/c1-3-34-21-10-6-19(7-11-21)24-23(25(31)20-8-12-22(13-9-20)35-4-2)26(32)27(33)30(24)16-5-15-29-17-14-28-18-29/h6-14,17-18,24,31H,3-5,15-16H2,1-2H3/b25-23+/t24-/m1/s1. The van der Waals surface area contributed by atoms with E-state index in [1.165, 1.54) is 4.90 Å². The van der Waals surface area contributed by atoms with Crippen molar-refractivity contribution < 1.29 is 24.2 Å². The van der Waals surface area contributed by atoms with Crippen LogP contribution in [0.3, 0.4) is 0 Å². The molecular formula is C27H29N3O5. The van der Waals surface area contributed by atoms with Crippen LogP contribution in [0, 0.1) is 0 Å². The maximum absolute atomic E-state index is 13.2. The SMILES string of the molecule is CCOc1ccc(/C(O)=C2\C(=O)C(=O)N(CCCn3ccnc3)[C@@H]2c2ccc(OCC)cc2)cc1. The van der Waals surface area contributed by atoms with Gasteiger partial charge in [-0.25, -0.2) is 4.98 Å². The number of rotatable bonds is 10. The van der Waals surface area contributed by atoms with E-state index in [2.05, 4.69) is 4.98 Å². The third-order valence-corrected chi connectivity index (χ3v) is 5.86. The van der Waals surface area contributed by atoms with Gasteiger partial charge < -0.3 is 24.0 Å². The summed E-state index contributed by atoms with van der Waals surface area (Å²) in [6.45, 7) is 5.84. The molecule has 3 aromatic rings. The van der Waals surface area contributed by atoms with Gasteiger partial charge in [-0.15, -0.1) is 0 Å². The first-order chi connectivity index (χ1) is 17.0. The predicted octanol–water partition coefficient (Wildman–Crippen LogP) is 4.19. The molecule has 0 saturated carbocycles. The Bertz CT molecular complexity index is 1180. The third kappa shape index (κ3) is 5.21. The number of nitrogens with zero attached hydrogens (tertiary/aromatic N) is 3. The quantitative estimate of drug-likeness (QED) is 0.268. The summed E-state index contributed by atoms with van der Waals surface area (Å²) in [6.07, 6.45) is 5.89. The number of carbonyl (C=O) groups is 2. The first-order valence-electron chi connectivity index (χ1n) is 11.7. The largest absolute Gasteiger partial charge is 0.507 e. The summed E-state index contributed by atoms with van der Waals surface area (Å²) in [5.41, 5.74) is 1.24. The fourth-order valence-corrected chi connectivity index (χ4v) is 4.24. The van der Waals surface area contributed by atoms with E-state index >= 15 is 0 Å². The van der Waals surface area contributed by atoms with Gasteiger partial charge in [0.25, 0.3) is 11.7 Å². The number of aliphatic hydroxyl groups is 1. The molecule has 0 spiro atoms. The van der Waals surface area contributed by atoms with Crippen molar-refractivity contribution in [1.82, 2.24) is 14.5 Å². The molecule has 1 aliphatic rings. The molecule has 2 heterocycles. The number of carbonyl (C=O) groups excluding carboxylic acids is 2. The van der Waals surface area contributed by atoms with E-state index in [0.29, 0.717) is 49.8 Å². The molecule has 1 aliphatic heterocycles. The summed E-state index contributed by atoms with van der Waals surface area (Å²) >= 11 is 0. The zero-order valence-electron chi connectivity index (χ0n) is 19.9. The number of amides is 1. The van der Waals surface area contributed by atoms with Gasteiger partial charge in [-0.05, 0) is 62.2 Å². The first kappa shape index (κ1) is 24.1. The fraction of sp³-hybridized carbons (Fsp3) is 0.296. The van der Waals surface area contributed by atoms with Crippen LogP contribution in [0.4, 0.5) is 0 Å². The van der Waals surface area contributed by atoms with Crippen LogP contribution in [0.1, 0.15) is 37.4 Å². The van der Waals surface area contributed by atoms with Gasteiger partial charge >= 0.3 is 0 Å². The van der Waals surface area contributed by atoms with Crippen molar-refractivity contribution in [3.05, 3.63) is 84.0 Å². The summed E-state index contributed by atoms with van der Waals surface area (Å²) < 4.78 is 12.9. The zero-order valence-corrected chi connectivity index (χ0v) is 19.9. The molecule has 35 heavy (non-hydrogen) atoms. The van der Waals surface area contributed by atoms with E-state index in [-0.39, 0.29) is 11.3 Å². The molecule has 0 unspecified atom stereocenters. The Labute approximate surface area is 204 Å². The number of benzene rings is 2. The molecule has 2 aromatic carbocycles. The van der Waals surface area contributed by atoms with Gasteiger partial charge in [0.1, 0.15) is 17.3 Å². The topological polar surface area (TPSA) is 93.9 Å². The summed E-state index contributed by atoms with van der Waals surface area (Å²) in [7, 11) is 0. The average molecular weight is 476 g/mol. The molecule has 1 atom stereocenters. The number of hydrogen-bond donors (Lipinski definition) is 1. The lowest BCUT2D eigenvalue weighted by Crippen LogP contribution is -2.31. The highest BCUT2D eigenvalue weighted by molar-refractivity contribution is 6.46. The molecule has 1 N–H and O–H groups in total. The van der Waals surface area contributed by atoms with Gasteiger partial charge in [0, 0.05) is 31.0 Å². The van der Waals surface area contributed by atoms with Crippen molar-refractivity contribution in [2.24, 2.45) is 0 Å². The Balaban J connectivity index is 1.70. The molecular weight excluding hydrogens is 446 g/mol. The number of hydrogen-bond acceptors (Lipinski definition) is 6. The van der Waals surface area contributed by atoms with E-state index in [1.54, 1.807) is 48.9 Å². The Morgan fingerprint density at radius 1 is 0.943 bits per heavy atom. The number of imidazole rings is 1. The number of likely N-dealkylation sites (tertiary alicyclic amines) is 1. The molecule has 0 aliphatic carbocycles. The maximum atomic E-state index is 13.2. The molecule has 8 nitrogen and oxygen atoms in total. The molecule has 1 aromatic heterocycles. The smallest absolute Gasteiger partial charge is 0.295 e. The Morgan fingerprint density at radius 2 is 1.57 bits per heavy atom. The first-order valence-corrected chi connectivity index (χ1v) is 11.7. The minimum Gasteiger partial charge on any atom is -0.507 e. The minimum atomic E-state index is -0.708. The monoisotopic (exact) mass is 475 g/mol. The fourth-order valence-electron chi connectivity index (χ4n) is 4.24. The molecule has 0 bridgehead atoms. The summed E-state index contributed by atoms with van der Waals surface area (Å²) in [5, 5.41) is 11.2. The third-order valence-electron chi connectivity index (χ3n) is 5.86. The molecule has 0 radical (unpaired) electrons. The van der Waals surface area contributed by atoms with Crippen LogP contribution in [0.15, 0.2) is 72.8 Å². The van der Waals surface area contributed by atoms with Gasteiger partial charge in [-0.2, -0.15) is 0 Å². The second-order valence-electron chi connectivity index (χ2n) is 8.11. The molecule has 1 saturated heterocycles. The zero-order chi connectivity index (χ0) is 24.8. The summed E-state index contributed by atoms with van der Waals surface area (Å²) in [4.78, 5) is 31.9. The maximum Gasteiger partial charge on any atom is 0.295 e.